The predicted molar refractivity (Wildman–Crippen MR) is 72.6 cm³/mol. The maximum Gasteiger partial charge on any atom is 0.293 e. The van der Waals surface area contributed by atoms with Gasteiger partial charge in [-0.2, -0.15) is 0 Å². The molecule has 1 atom stereocenters. The monoisotopic (exact) mass is 301 g/mol. The van der Waals surface area contributed by atoms with E-state index in [4.69, 9.17) is 0 Å². The van der Waals surface area contributed by atoms with Gasteiger partial charge in [0.1, 0.15) is 5.82 Å². The lowest BCUT2D eigenvalue weighted by Crippen LogP contribution is -2.49. The first-order chi connectivity index (χ1) is 9.37. The van der Waals surface area contributed by atoms with Crippen LogP contribution in [-0.4, -0.2) is 59.8 Å². The molecule has 20 heavy (non-hydrogen) atoms. The number of aromatic nitrogens is 3. The van der Waals surface area contributed by atoms with E-state index < -0.39 is 10.0 Å². The third-order valence-corrected chi connectivity index (χ3v) is 3.95. The van der Waals surface area contributed by atoms with Gasteiger partial charge in [-0.15, -0.1) is 5.10 Å². The van der Waals surface area contributed by atoms with Gasteiger partial charge in [0.15, 0.2) is 0 Å². The van der Waals surface area contributed by atoms with E-state index in [-0.39, 0.29) is 24.3 Å². The Morgan fingerprint density at radius 2 is 2.25 bits per heavy atom. The predicted octanol–water partition coefficient (Wildman–Crippen LogP) is -0.343. The van der Waals surface area contributed by atoms with Crippen molar-refractivity contribution < 1.29 is 13.2 Å². The Morgan fingerprint density at radius 3 is 2.85 bits per heavy atom. The first-order valence-electron chi connectivity index (χ1n) is 6.51. The minimum atomic E-state index is -3.26. The molecule has 2 heterocycles. The molecule has 2 N–H and O–H groups in total. The van der Waals surface area contributed by atoms with Gasteiger partial charge >= 0.3 is 0 Å². The van der Waals surface area contributed by atoms with Crippen molar-refractivity contribution in [2.45, 2.75) is 32.2 Å². The van der Waals surface area contributed by atoms with Crippen molar-refractivity contribution in [2.75, 3.05) is 19.3 Å². The van der Waals surface area contributed by atoms with Crippen molar-refractivity contribution in [3.05, 3.63) is 11.6 Å². The van der Waals surface area contributed by atoms with Gasteiger partial charge in [0.05, 0.1) is 6.26 Å². The van der Waals surface area contributed by atoms with Crippen LogP contribution in [0.2, 0.25) is 0 Å². The summed E-state index contributed by atoms with van der Waals surface area (Å²) in [7, 11) is -3.26. The number of hydrogen-bond donors (Lipinski definition) is 2. The lowest BCUT2D eigenvalue weighted by molar-refractivity contribution is 0.0606. The SMILES string of the molecule is Cc1nc(C(=O)N2CCCCC2CNS(C)(=O)=O)n[nH]1. The maximum atomic E-state index is 12.4. The highest BCUT2D eigenvalue weighted by molar-refractivity contribution is 7.88. The average Bonchev–Trinajstić information content (AvgIpc) is 2.82. The number of carbonyl (C=O) groups excluding carboxylic acids is 1. The number of carbonyl (C=O) groups is 1. The fourth-order valence-electron chi connectivity index (χ4n) is 2.29. The number of piperidine rings is 1. The van der Waals surface area contributed by atoms with E-state index in [1.807, 2.05) is 0 Å². The minimum absolute atomic E-state index is 0.133. The fraction of sp³-hybridized carbons (Fsp3) is 0.727. The molecule has 1 aromatic heterocycles. The number of rotatable bonds is 4. The van der Waals surface area contributed by atoms with Crippen molar-refractivity contribution in [1.29, 1.82) is 0 Å². The molecule has 0 aromatic carbocycles. The number of likely N-dealkylation sites (tertiary alicyclic amines) is 1. The molecule has 1 saturated heterocycles. The fourth-order valence-corrected chi connectivity index (χ4v) is 2.79. The van der Waals surface area contributed by atoms with E-state index in [0.717, 1.165) is 25.5 Å². The van der Waals surface area contributed by atoms with Gasteiger partial charge < -0.3 is 4.90 Å². The highest BCUT2D eigenvalue weighted by Gasteiger charge is 2.29. The number of hydrogen-bond acceptors (Lipinski definition) is 5. The molecule has 1 aromatic rings. The number of sulfonamides is 1. The third-order valence-electron chi connectivity index (χ3n) is 3.26. The number of aromatic amines is 1. The molecule has 9 heteroatoms. The minimum Gasteiger partial charge on any atom is -0.332 e. The van der Waals surface area contributed by atoms with Crippen molar-refractivity contribution in [3.8, 4) is 0 Å². The molecule has 0 spiro atoms. The van der Waals surface area contributed by atoms with Crippen LogP contribution in [0.1, 0.15) is 35.7 Å². The number of amides is 1. The number of aryl methyl sites for hydroxylation is 1. The van der Waals surface area contributed by atoms with E-state index in [2.05, 4.69) is 19.9 Å². The normalized spacial score (nSPS) is 20.1. The zero-order valence-corrected chi connectivity index (χ0v) is 12.4. The van der Waals surface area contributed by atoms with Crippen LogP contribution < -0.4 is 4.72 Å². The summed E-state index contributed by atoms with van der Waals surface area (Å²) >= 11 is 0. The molecule has 2 rings (SSSR count). The van der Waals surface area contributed by atoms with Crippen LogP contribution in [0.4, 0.5) is 0 Å². The summed E-state index contributed by atoms with van der Waals surface area (Å²) < 4.78 is 24.8. The summed E-state index contributed by atoms with van der Waals surface area (Å²) in [6.07, 6.45) is 3.77. The molecule has 112 valence electrons. The Bertz CT molecular complexity index is 583. The Labute approximate surface area is 118 Å². The molecular formula is C11H19N5O3S. The second-order valence-electron chi connectivity index (χ2n) is 5.01. The smallest absolute Gasteiger partial charge is 0.293 e. The summed E-state index contributed by atoms with van der Waals surface area (Å²) in [5, 5.41) is 6.51. The van der Waals surface area contributed by atoms with Gasteiger partial charge in [-0.3, -0.25) is 9.89 Å². The Balaban J connectivity index is 2.08. The van der Waals surface area contributed by atoms with Crippen molar-refractivity contribution in [1.82, 2.24) is 24.8 Å². The first kappa shape index (κ1) is 14.9. The molecule has 0 radical (unpaired) electrons. The van der Waals surface area contributed by atoms with E-state index >= 15 is 0 Å². The van der Waals surface area contributed by atoms with Gasteiger partial charge in [-0.1, -0.05) is 0 Å². The molecule has 1 fully saturated rings. The van der Waals surface area contributed by atoms with E-state index in [9.17, 15) is 13.2 Å². The van der Waals surface area contributed by atoms with E-state index in [1.54, 1.807) is 11.8 Å². The van der Waals surface area contributed by atoms with Gasteiger partial charge in [0.25, 0.3) is 5.91 Å². The lowest BCUT2D eigenvalue weighted by atomic mass is 10.0. The maximum absolute atomic E-state index is 12.4. The second-order valence-corrected chi connectivity index (χ2v) is 6.85. The Hall–Kier alpha value is -1.48. The van der Waals surface area contributed by atoms with Crippen LogP contribution >= 0.6 is 0 Å². The summed E-state index contributed by atoms with van der Waals surface area (Å²) in [6.45, 7) is 2.55. The molecular weight excluding hydrogens is 282 g/mol. The average molecular weight is 301 g/mol. The molecule has 0 aliphatic carbocycles. The lowest BCUT2D eigenvalue weighted by Gasteiger charge is -2.35. The topological polar surface area (TPSA) is 108 Å². The standard InChI is InChI=1S/C11H19N5O3S/c1-8-13-10(15-14-8)11(17)16-6-4-3-5-9(16)7-12-20(2,18)19/h9,12H,3-7H2,1-2H3,(H,13,14,15). The summed E-state index contributed by atoms with van der Waals surface area (Å²) in [4.78, 5) is 18.0. The van der Waals surface area contributed by atoms with Gasteiger partial charge in [0.2, 0.25) is 15.8 Å². The molecule has 1 aliphatic rings. The summed E-state index contributed by atoms with van der Waals surface area (Å²) in [5.41, 5.74) is 0. The second kappa shape index (κ2) is 5.88. The zero-order chi connectivity index (χ0) is 14.8. The van der Waals surface area contributed by atoms with Gasteiger partial charge in [0, 0.05) is 19.1 Å². The van der Waals surface area contributed by atoms with Crippen molar-refractivity contribution in [2.24, 2.45) is 0 Å². The molecule has 1 aliphatic heterocycles. The largest absolute Gasteiger partial charge is 0.332 e. The van der Waals surface area contributed by atoms with E-state index in [1.165, 1.54) is 0 Å². The van der Waals surface area contributed by atoms with Gasteiger partial charge in [-0.05, 0) is 26.2 Å². The number of nitrogens with zero attached hydrogens (tertiary/aromatic N) is 3. The highest BCUT2D eigenvalue weighted by atomic mass is 32.2. The van der Waals surface area contributed by atoms with Crippen molar-refractivity contribution >= 4 is 15.9 Å². The summed E-state index contributed by atoms with van der Waals surface area (Å²) in [6, 6.07) is -0.148. The number of nitrogens with one attached hydrogen (secondary N) is 2. The highest BCUT2D eigenvalue weighted by Crippen LogP contribution is 2.18. The van der Waals surface area contributed by atoms with Crippen LogP contribution in [0.25, 0.3) is 0 Å². The van der Waals surface area contributed by atoms with Crippen molar-refractivity contribution in [3.63, 3.8) is 0 Å². The van der Waals surface area contributed by atoms with E-state index in [0.29, 0.717) is 12.4 Å². The Kier molecular flexibility index (Phi) is 4.39. The molecule has 0 bridgehead atoms. The van der Waals surface area contributed by atoms with Crippen LogP contribution in [0, 0.1) is 6.92 Å². The molecule has 1 unspecified atom stereocenters. The number of H-pyrrole nitrogens is 1. The Morgan fingerprint density at radius 1 is 1.50 bits per heavy atom. The van der Waals surface area contributed by atoms with Crippen LogP contribution in [0.15, 0.2) is 0 Å². The molecule has 0 saturated carbocycles. The zero-order valence-electron chi connectivity index (χ0n) is 11.6. The summed E-state index contributed by atoms with van der Waals surface area (Å²) in [5.74, 6) is 0.458. The molecule has 1 amide bonds. The molecule has 8 nitrogen and oxygen atoms in total. The van der Waals surface area contributed by atoms with Crippen LogP contribution in [-0.2, 0) is 10.0 Å². The van der Waals surface area contributed by atoms with Crippen LogP contribution in [0.5, 0.6) is 0 Å². The van der Waals surface area contributed by atoms with Gasteiger partial charge in [-0.25, -0.2) is 18.1 Å². The van der Waals surface area contributed by atoms with Crippen LogP contribution in [0.3, 0.4) is 0 Å². The third kappa shape index (κ3) is 3.76. The first-order valence-corrected chi connectivity index (χ1v) is 8.40. The quantitative estimate of drug-likeness (QED) is 0.790.